The van der Waals surface area contributed by atoms with Crippen LogP contribution < -0.4 is 25.0 Å². The van der Waals surface area contributed by atoms with E-state index in [4.69, 9.17) is 14.2 Å². The Morgan fingerprint density at radius 1 is 1.17 bits per heavy atom. The maximum atomic E-state index is 12.4. The van der Waals surface area contributed by atoms with Crippen molar-refractivity contribution in [2.75, 3.05) is 32.3 Å². The predicted molar refractivity (Wildman–Crippen MR) is 101 cm³/mol. The maximum absolute atomic E-state index is 12.4. The first-order chi connectivity index (χ1) is 13.9. The number of benzene rings is 1. The number of nitrogens with zero attached hydrogens (tertiary/aromatic N) is 1. The van der Waals surface area contributed by atoms with Crippen molar-refractivity contribution in [1.29, 1.82) is 0 Å². The lowest BCUT2D eigenvalue weighted by atomic mass is 10.1. The minimum absolute atomic E-state index is 0.0438. The van der Waals surface area contributed by atoms with Gasteiger partial charge in [0.1, 0.15) is 11.5 Å². The predicted octanol–water partition coefficient (Wildman–Crippen LogP) is 0.588. The molecule has 1 aliphatic carbocycles. The number of carbonyl (C=O) groups excluding carboxylic acids is 4. The van der Waals surface area contributed by atoms with Crippen LogP contribution in [-0.2, 0) is 19.1 Å². The Bertz CT molecular complexity index is 822. The van der Waals surface area contributed by atoms with E-state index in [-0.39, 0.29) is 24.9 Å². The van der Waals surface area contributed by atoms with Crippen molar-refractivity contribution in [3.05, 3.63) is 18.2 Å². The third-order valence-corrected chi connectivity index (χ3v) is 4.65. The molecule has 1 heterocycles. The standard InChI is InChI=1S/C19H23N3O7/c1-27-13-5-6-14(15(8-13)28-2)22-9-11(7-17(22)24)18(25)29-10-16(23)21-19(26)20-12-3-4-12/h5-6,8,11-12H,3-4,7,9-10H2,1-2H3,(H2,20,21,23,26)/t11-/m0/s1. The Labute approximate surface area is 167 Å². The van der Waals surface area contributed by atoms with Gasteiger partial charge in [0, 0.05) is 25.1 Å². The maximum Gasteiger partial charge on any atom is 0.321 e. The lowest BCUT2D eigenvalue weighted by molar-refractivity contribution is -0.152. The quantitative estimate of drug-likeness (QED) is 0.636. The van der Waals surface area contributed by atoms with Gasteiger partial charge in [0.15, 0.2) is 6.61 Å². The van der Waals surface area contributed by atoms with E-state index in [0.717, 1.165) is 12.8 Å². The normalized spacial score (nSPS) is 18.2. The van der Waals surface area contributed by atoms with E-state index >= 15 is 0 Å². The van der Waals surface area contributed by atoms with Crippen LogP contribution in [0.25, 0.3) is 0 Å². The summed E-state index contributed by atoms with van der Waals surface area (Å²) >= 11 is 0. The molecule has 1 atom stereocenters. The molecule has 0 aromatic heterocycles. The smallest absolute Gasteiger partial charge is 0.321 e. The Morgan fingerprint density at radius 3 is 2.59 bits per heavy atom. The van der Waals surface area contributed by atoms with Crippen molar-refractivity contribution in [2.24, 2.45) is 5.92 Å². The van der Waals surface area contributed by atoms with Gasteiger partial charge in [-0.05, 0) is 25.0 Å². The van der Waals surface area contributed by atoms with Gasteiger partial charge >= 0.3 is 12.0 Å². The van der Waals surface area contributed by atoms with Crippen LogP contribution in [0.2, 0.25) is 0 Å². The van der Waals surface area contributed by atoms with E-state index in [1.807, 2.05) is 0 Å². The van der Waals surface area contributed by atoms with Crippen LogP contribution in [0, 0.1) is 5.92 Å². The van der Waals surface area contributed by atoms with Gasteiger partial charge in [-0.15, -0.1) is 0 Å². The zero-order chi connectivity index (χ0) is 21.0. The molecular formula is C19H23N3O7. The SMILES string of the molecule is COc1ccc(N2C[C@@H](C(=O)OCC(=O)NC(=O)NC3CC3)CC2=O)c(OC)c1. The molecule has 29 heavy (non-hydrogen) atoms. The molecule has 0 bridgehead atoms. The van der Waals surface area contributed by atoms with Gasteiger partial charge in [0.25, 0.3) is 5.91 Å². The molecule has 2 fully saturated rings. The summed E-state index contributed by atoms with van der Waals surface area (Å²) in [5.74, 6) is -1.37. The second kappa shape index (κ2) is 8.80. The first-order valence-electron chi connectivity index (χ1n) is 9.20. The van der Waals surface area contributed by atoms with Crippen molar-refractivity contribution >= 4 is 29.5 Å². The van der Waals surface area contributed by atoms with E-state index in [1.54, 1.807) is 18.2 Å². The average molecular weight is 405 g/mol. The molecule has 156 valence electrons. The zero-order valence-corrected chi connectivity index (χ0v) is 16.2. The van der Waals surface area contributed by atoms with E-state index in [0.29, 0.717) is 17.2 Å². The van der Waals surface area contributed by atoms with Gasteiger partial charge in [-0.25, -0.2) is 4.79 Å². The molecule has 0 spiro atoms. The van der Waals surface area contributed by atoms with Crippen LogP contribution >= 0.6 is 0 Å². The van der Waals surface area contributed by atoms with Crippen LogP contribution in [0.1, 0.15) is 19.3 Å². The molecule has 1 saturated heterocycles. The van der Waals surface area contributed by atoms with Crippen LogP contribution in [0.15, 0.2) is 18.2 Å². The number of hydrogen-bond acceptors (Lipinski definition) is 7. The summed E-state index contributed by atoms with van der Waals surface area (Å²) in [6.07, 6.45) is 1.74. The summed E-state index contributed by atoms with van der Waals surface area (Å²) in [6.45, 7) is -0.488. The number of imide groups is 1. The lowest BCUT2D eigenvalue weighted by Crippen LogP contribution is -2.42. The van der Waals surface area contributed by atoms with Gasteiger partial charge < -0.3 is 24.4 Å². The number of esters is 1. The van der Waals surface area contributed by atoms with Crippen LogP contribution in [0.3, 0.4) is 0 Å². The van der Waals surface area contributed by atoms with Crippen molar-refractivity contribution < 1.29 is 33.4 Å². The molecule has 1 aliphatic heterocycles. The number of methoxy groups -OCH3 is 2. The Morgan fingerprint density at radius 2 is 1.93 bits per heavy atom. The van der Waals surface area contributed by atoms with Gasteiger partial charge in [-0.1, -0.05) is 0 Å². The zero-order valence-electron chi connectivity index (χ0n) is 16.2. The fourth-order valence-corrected chi connectivity index (χ4v) is 2.97. The molecule has 1 aromatic rings. The fourth-order valence-electron chi connectivity index (χ4n) is 2.97. The van der Waals surface area contributed by atoms with E-state index < -0.39 is 30.4 Å². The third kappa shape index (κ3) is 5.15. The molecule has 3 rings (SSSR count). The third-order valence-electron chi connectivity index (χ3n) is 4.65. The Hall–Kier alpha value is -3.30. The molecule has 0 radical (unpaired) electrons. The van der Waals surface area contributed by atoms with E-state index in [1.165, 1.54) is 19.1 Å². The van der Waals surface area contributed by atoms with Gasteiger partial charge in [-0.3, -0.25) is 19.7 Å². The highest BCUT2D eigenvalue weighted by Crippen LogP contribution is 2.36. The number of amides is 4. The van der Waals surface area contributed by atoms with E-state index in [2.05, 4.69) is 10.6 Å². The summed E-state index contributed by atoms with van der Waals surface area (Å²) in [6, 6.07) is 4.51. The minimum atomic E-state index is -0.727. The Balaban J connectivity index is 1.53. The van der Waals surface area contributed by atoms with Crippen LogP contribution in [0.4, 0.5) is 10.5 Å². The van der Waals surface area contributed by atoms with Crippen LogP contribution in [-0.4, -0.2) is 57.2 Å². The lowest BCUT2D eigenvalue weighted by Gasteiger charge is -2.20. The van der Waals surface area contributed by atoms with Gasteiger partial charge in [0.2, 0.25) is 5.91 Å². The minimum Gasteiger partial charge on any atom is -0.497 e. The highest BCUT2D eigenvalue weighted by molar-refractivity contribution is 6.01. The Kier molecular flexibility index (Phi) is 6.20. The first kappa shape index (κ1) is 20.4. The number of nitrogens with one attached hydrogen (secondary N) is 2. The summed E-state index contributed by atoms with van der Waals surface area (Å²) in [5.41, 5.74) is 0.517. The van der Waals surface area contributed by atoms with Gasteiger partial charge in [0.05, 0.1) is 25.8 Å². The molecule has 4 amide bonds. The van der Waals surface area contributed by atoms with Crippen LogP contribution in [0.5, 0.6) is 11.5 Å². The molecule has 0 unspecified atom stereocenters. The van der Waals surface area contributed by atoms with Crippen molar-refractivity contribution in [3.8, 4) is 11.5 Å². The number of carbonyl (C=O) groups is 4. The van der Waals surface area contributed by atoms with Crippen molar-refractivity contribution in [2.45, 2.75) is 25.3 Å². The number of anilines is 1. The van der Waals surface area contributed by atoms with E-state index in [9.17, 15) is 19.2 Å². The molecule has 10 heteroatoms. The highest BCUT2D eigenvalue weighted by Gasteiger charge is 2.37. The second-order valence-electron chi connectivity index (χ2n) is 6.85. The van der Waals surface area contributed by atoms with Gasteiger partial charge in [-0.2, -0.15) is 0 Å². The number of urea groups is 1. The average Bonchev–Trinajstić information content (AvgIpc) is 3.43. The second-order valence-corrected chi connectivity index (χ2v) is 6.85. The fraction of sp³-hybridized carbons (Fsp3) is 0.474. The number of ether oxygens (including phenoxy) is 3. The highest BCUT2D eigenvalue weighted by atomic mass is 16.5. The summed E-state index contributed by atoms with van der Waals surface area (Å²) in [7, 11) is 3.00. The molecular weight excluding hydrogens is 382 g/mol. The molecule has 10 nitrogen and oxygen atoms in total. The first-order valence-corrected chi connectivity index (χ1v) is 9.20. The molecule has 1 aromatic carbocycles. The van der Waals surface area contributed by atoms with Crippen molar-refractivity contribution in [3.63, 3.8) is 0 Å². The number of hydrogen-bond donors (Lipinski definition) is 2. The number of rotatable bonds is 7. The molecule has 2 N–H and O–H groups in total. The van der Waals surface area contributed by atoms with Crippen molar-refractivity contribution in [1.82, 2.24) is 10.6 Å². The largest absolute Gasteiger partial charge is 0.497 e. The monoisotopic (exact) mass is 405 g/mol. The summed E-state index contributed by atoms with van der Waals surface area (Å²) < 4.78 is 15.4. The molecule has 1 saturated carbocycles. The summed E-state index contributed by atoms with van der Waals surface area (Å²) in [5, 5.41) is 4.69. The summed E-state index contributed by atoms with van der Waals surface area (Å²) in [4.78, 5) is 49.3. The molecule has 2 aliphatic rings. The topological polar surface area (TPSA) is 123 Å².